The summed E-state index contributed by atoms with van der Waals surface area (Å²) in [5, 5.41) is 12.0. The van der Waals surface area contributed by atoms with E-state index in [0.29, 0.717) is 5.76 Å². The fraction of sp³-hybridized carbons (Fsp3) is 0.364. The average Bonchev–Trinajstić information content (AvgIpc) is 2.62. The van der Waals surface area contributed by atoms with E-state index in [1.165, 1.54) is 0 Å². The molecule has 0 atom stereocenters. The minimum absolute atomic E-state index is 0.0157. The highest BCUT2D eigenvalue weighted by molar-refractivity contribution is 5.85. The summed E-state index contributed by atoms with van der Waals surface area (Å²) in [6, 6.07) is 1.57. The molecule has 0 saturated heterocycles. The molecule has 0 saturated carbocycles. The minimum Gasteiger partial charge on any atom is -0.475 e. The topological polar surface area (TPSA) is 62.5 Å². The molecular formula is C11H13NO3. The van der Waals surface area contributed by atoms with Gasteiger partial charge in [0.2, 0.25) is 5.76 Å². The minimum atomic E-state index is -1.01. The van der Waals surface area contributed by atoms with Gasteiger partial charge >= 0.3 is 5.97 Å². The Bertz CT molecular complexity index is 417. The highest BCUT2D eigenvalue weighted by Gasteiger charge is 2.17. The predicted octanol–water partition coefficient (Wildman–Crippen LogP) is 1.66. The van der Waals surface area contributed by atoms with Crippen molar-refractivity contribution in [2.24, 2.45) is 0 Å². The zero-order valence-corrected chi connectivity index (χ0v) is 8.54. The lowest BCUT2D eigenvalue weighted by Gasteiger charge is -2.12. The van der Waals surface area contributed by atoms with Gasteiger partial charge in [-0.2, -0.15) is 0 Å². The molecule has 2 N–H and O–H groups in total. The third-order valence-electron chi connectivity index (χ3n) is 2.48. The molecule has 15 heavy (non-hydrogen) atoms. The maximum atomic E-state index is 10.7. The lowest BCUT2D eigenvalue weighted by molar-refractivity contribution is 0.0662. The number of furan rings is 1. The van der Waals surface area contributed by atoms with Crippen molar-refractivity contribution in [1.82, 2.24) is 5.32 Å². The number of rotatable bonds is 2. The van der Waals surface area contributed by atoms with Crippen LogP contribution in [0.25, 0.3) is 5.57 Å². The van der Waals surface area contributed by atoms with E-state index in [0.717, 1.165) is 30.6 Å². The van der Waals surface area contributed by atoms with E-state index in [-0.39, 0.29) is 5.76 Å². The van der Waals surface area contributed by atoms with Gasteiger partial charge in [-0.05, 0) is 37.1 Å². The lowest BCUT2D eigenvalue weighted by atomic mass is 10.0. The first kappa shape index (κ1) is 9.98. The van der Waals surface area contributed by atoms with Gasteiger partial charge in [-0.1, -0.05) is 6.08 Å². The number of aromatic carboxylic acids is 1. The second-order valence-corrected chi connectivity index (χ2v) is 3.61. The average molecular weight is 207 g/mol. The van der Waals surface area contributed by atoms with Crippen LogP contribution in [0.5, 0.6) is 0 Å². The SMILES string of the molecule is Cc1cc(C(=O)O)oc1C1=CCNCC1. The molecule has 4 nitrogen and oxygen atoms in total. The van der Waals surface area contributed by atoms with E-state index in [1.807, 2.05) is 13.0 Å². The van der Waals surface area contributed by atoms with Gasteiger partial charge < -0.3 is 14.8 Å². The largest absolute Gasteiger partial charge is 0.475 e. The zero-order chi connectivity index (χ0) is 10.8. The Morgan fingerprint density at radius 3 is 2.93 bits per heavy atom. The summed E-state index contributed by atoms with van der Waals surface area (Å²) in [5.41, 5.74) is 1.99. The molecule has 0 bridgehead atoms. The van der Waals surface area contributed by atoms with Crippen LogP contribution in [0.15, 0.2) is 16.6 Å². The van der Waals surface area contributed by atoms with Crippen LogP contribution < -0.4 is 5.32 Å². The molecule has 1 aromatic heterocycles. The van der Waals surface area contributed by atoms with Crippen LogP contribution in [0, 0.1) is 6.92 Å². The van der Waals surface area contributed by atoms with E-state index in [4.69, 9.17) is 9.52 Å². The number of aryl methyl sites for hydroxylation is 1. The highest BCUT2D eigenvalue weighted by atomic mass is 16.4. The summed E-state index contributed by atoms with van der Waals surface area (Å²) in [6.07, 6.45) is 2.92. The Hall–Kier alpha value is -1.55. The molecule has 0 aromatic carbocycles. The molecule has 4 heteroatoms. The quantitative estimate of drug-likeness (QED) is 0.774. The zero-order valence-electron chi connectivity index (χ0n) is 8.54. The van der Waals surface area contributed by atoms with Crippen molar-refractivity contribution in [2.75, 3.05) is 13.1 Å². The standard InChI is InChI=1S/C11H13NO3/c1-7-6-9(11(13)14)15-10(7)8-2-4-12-5-3-8/h2,6,12H,3-5H2,1H3,(H,13,14). The van der Waals surface area contributed by atoms with Crippen LogP contribution in [-0.2, 0) is 0 Å². The Morgan fingerprint density at radius 2 is 2.40 bits per heavy atom. The normalized spacial score (nSPS) is 16.2. The van der Waals surface area contributed by atoms with E-state index >= 15 is 0 Å². The monoisotopic (exact) mass is 207 g/mol. The number of carbonyl (C=O) groups is 1. The maximum Gasteiger partial charge on any atom is 0.371 e. The van der Waals surface area contributed by atoms with Crippen LogP contribution >= 0.6 is 0 Å². The number of nitrogens with one attached hydrogen (secondary N) is 1. The maximum absolute atomic E-state index is 10.7. The molecule has 0 unspecified atom stereocenters. The molecule has 1 aromatic rings. The summed E-state index contributed by atoms with van der Waals surface area (Å²) < 4.78 is 5.32. The van der Waals surface area contributed by atoms with Crippen molar-refractivity contribution in [2.45, 2.75) is 13.3 Å². The number of hydrogen-bond donors (Lipinski definition) is 2. The van der Waals surface area contributed by atoms with Crippen LogP contribution in [0.1, 0.15) is 28.3 Å². The molecule has 80 valence electrons. The van der Waals surface area contributed by atoms with Crippen molar-refractivity contribution >= 4 is 11.5 Å². The smallest absolute Gasteiger partial charge is 0.371 e. The molecule has 2 rings (SSSR count). The third-order valence-corrected chi connectivity index (χ3v) is 2.48. The van der Waals surface area contributed by atoms with Gasteiger partial charge in [-0.15, -0.1) is 0 Å². The van der Waals surface area contributed by atoms with Crippen molar-refractivity contribution in [3.8, 4) is 0 Å². The molecular weight excluding hydrogens is 194 g/mol. The van der Waals surface area contributed by atoms with E-state index in [2.05, 4.69) is 5.32 Å². The summed E-state index contributed by atoms with van der Waals surface area (Å²) in [4.78, 5) is 10.7. The van der Waals surface area contributed by atoms with Crippen molar-refractivity contribution in [3.05, 3.63) is 29.2 Å². The second kappa shape index (κ2) is 3.90. The molecule has 0 fully saturated rings. The van der Waals surface area contributed by atoms with Gasteiger partial charge in [0.05, 0.1) is 0 Å². The van der Waals surface area contributed by atoms with Crippen molar-refractivity contribution < 1.29 is 14.3 Å². The van der Waals surface area contributed by atoms with E-state index in [9.17, 15) is 4.79 Å². The Labute approximate surface area is 87.6 Å². The molecule has 0 radical (unpaired) electrons. The van der Waals surface area contributed by atoms with Gasteiger partial charge in [-0.3, -0.25) is 0 Å². The van der Waals surface area contributed by atoms with Gasteiger partial charge in [-0.25, -0.2) is 4.79 Å². The fourth-order valence-electron chi connectivity index (χ4n) is 1.74. The molecule has 0 spiro atoms. The first-order valence-corrected chi connectivity index (χ1v) is 4.92. The molecule has 1 aliphatic heterocycles. The Balaban J connectivity index is 2.35. The molecule has 0 aliphatic carbocycles. The van der Waals surface area contributed by atoms with Gasteiger partial charge in [0.15, 0.2) is 0 Å². The van der Waals surface area contributed by atoms with Gasteiger partial charge in [0, 0.05) is 6.54 Å². The van der Waals surface area contributed by atoms with E-state index < -0.39 is 5.97 Å². The number of hydrogen-bond acceptors (Lipinski definition) is 3. The summed E-state index contributed by atoms with van der Waals surface area (Å²) in [5.74, 6) is -0.283. The molecule has 0 amide bonds. The van der Waals surface area contributed by atoms with Crippen molar-refractivity contribution in [3.63, 3.8) is 0 Å². The van der Waals surface area contributed by atoms with Crippen LogP contribution in [0.2, 0.25) is 0 Å². The van der Waals surface area contributed by atoms with Gasteiger partial charge in [0.25, 0.3) is 0 Å². The van der Waals surface area contributed by atoms with Crippen LogP contribution in [0.3, 0.4) is 0 Å². The summed E-state index contributed by atoms with van der Waals surface area (Å²) in [7, 11) is 0. The summed E-state index contributed by atoms with van der Waals surface area (Å²) >= 11 is 0. The highest BCUT2D eigenvalue weighted by Crippen LogP contribution is 2.26. The van der Waals surface area contributed by atoms with Crippen molar-refractivity contribution in [1.29, 1.82) is 0 Å². The Morgan fingerprint density at radius 1 is 1.60 bits per heavy atom. The fourth-order valence-corrected chi connectivity index (χ4v) is 1.74. The Kier molecular flexibility index (Phi) is 2.60. The van der Waals surface area contributed by atoms with E-state index in [1.54, 1.807) is 6.07 Å². The van der Waals surface area contributed by atoms with Crippen LogP contribution in [-0.4, -0.2) is 24.2 Å². The lowest BCUT2D eigenvalue weighted by Crippen LogP contribution is -2.20. The number of carboxylic acid groups (broad SMARTS) is 1. The van der Waals surface area contributed by atoms with Gasteiger partial charge in [0.1, 0.15) is 5.76 Å². The first-order valence-electron chi connectivity index (χ1n) is 4.92. The van der Waals surface area contributed by atoms with Crippen LogP contribution in [0.4, 0.5) is 0 Å². The molecule has 1 aliphatic rings. The summed E-state index contributed by atoms with van der Waals surface area (Å²) in [6.45, 7) is 3.60. The number of carboxylic acids is 1. The first-order chi connectivity index (χ1) is 7.18. The second-order valence-electron chi connectivity index (χ2n) is 3.61. The molecule has 2 heterocycles. The third kappa shape index (κ3) is 1.94. The predicted molar refractivity (Wildman–Crippen MR) is 55.9 cm³/mol.